The van der Waals surface area contributed by atoms with Crippen LogP contribution in [0, 0.1) is 0 Å². The predicted octanol–water partition coefficient (Wildman–Crippen LogP) is 6.53. The Morgan fingerprint density at radius 1 is 1.09 bits per heavy atom. The second kappa shape index (κ2) is 8.93. The molecule has 0 radical (unpaired) electrons. The van der Waals surface area contributed by atoms with Gasteiger partial charge in [0, 0.05) is 22.2 Å². The maximum absolute atomic E-state index is 12.8. The zero-order chi connectivity index (χ0) is 22.9. The van der Waals surface area contributed by atoms with Gasteiger partial charge in [-0.2, -0.15) is 0 Å². The minimum atomic E-state index is -0.137. The Morgan fingerprint density at radius 3 is 2.70 bits per heavy atom. The Kier molecular flexibility index (Phi) is 5.83. The highest BCUT2D eigenvalue weighted by Crippen LogP contribution is 2.36. The van der Waals surface area contributed by atoms with E-state index >= 15 is 0 Å². The van der Waals surface area contributed by atoms with E-state index in [1.807, 2.05) is 24.3 Å². The molecular weight excluding hydrogens is 440 g/mol. The molecule has 0 amide bonds. The summed E-state index contributed by atoms with van der Waals surface area (Å²) in [6.45, 7) is 5.21. The van der Waals surface area contributed by atoms with Gasteiger partial charge < -0.3 is 18.9 Å². The lowest BCUT2D eigenvalue weighted by Gasteiger charge is -2.21. The summed E-state index contributed by atoms with van der Waals surface area (Å²) in [4.78, 5) is 12.8. The van der Waals surface area contributed by atoms with Crippen LogP contribution in [0.5, 0.6) is 17.2 Å². The van der Waals surface area contributed by atoms with Crippen LogP contribution in [0.15, 0.2) is 60.4 Å². The highest BCUT2D eigenvalue weighted by molar-refractivity contribution is 6.30. The van der Waals surface area contributed by atoms with Crippen molar-refractivity contribution in [2.45, 2.75) is 33.0 Å². The van der Waals surface area contributed by atoms with Crippen molar-refractivity contribution in [2.75, 3.05) is 6.79 Å². The molecule has 0 bridgehead atoms. The summed E-state index contributed by atoms with van der Waals surface area (Å²) in [7, 11) is 0. The van der Waals surface area contributed by atoms with Crippen molar-refractivity contribution in [3.05, 3.63) is 93.2 Å². The minimum absolute atomic E-state index is 0.137. The largest absolute Gasteiger partial charge is 0.489 e. The lowest BCUT2D eigenvalue weighted by Crippen LogP contribution is -2.14. The second-order valence-electron chi connectivity index (χ2n) is 8.37. The normalized spacial score (nSPS) is 15.8. The van der Waals surface area contributed by atoms with Gasteiger partial charge >= 0.3 is 0 Å². The molecular formula is C27H23ClO5. The summed E-state index contributed by atoms with van der Waals surface area (Å²) in [6, 6.07) is 17.0. The molecule has 0 fully saturated rings. The molecule has 0 spiro atoms. The number of rotatable bonds is 5. The van der Waals surface area contributed by atoms with Crippen molar-refractivity contribution in [2.24, 2.45) is 0 Å². The van der Waals surface area contributed by atoms with Crippen LogP contribution in [0.1, 0.15) is 52.4 Å². The number of fused-ring (bicyclic) bond motifs is 2. The van der Waals surface area contributed by atoms with Gasteiger partial charge in [0.15, 0.2) is 12.6 Å². The van der Waals surface area contributed by atoms with Crippen LogP contribution in [0.25, 0.3) is 6.08 Å². The molecule has 2 aliphatic rings. The Labute approximate surface area is 197 Å². The smallest absolute Gasteiger partial charge is 0.231 e. The van der Waals surface area contributed by atoms with Gasteiger partial charge in [0.05, 0.1) is 12.2 Å². The summed E-state index contributed by atoms with van der Waals surface area (Å²) in [5.41, 5.74) is 4.42. The van der Waals surface area contributed by atoms with Crippen molar-refractivity contribution in [1.29, 1.82) is 0 Å². The lowest BCUT2D eigenvalue weighted by atomic mass is 10.0. The van der Waals surface area contributed by atoms with E-state index in [1.54, 1.807) is 24.3 Å². The van der Waals surface area contributed by atoms with Crippen LogP contribution in [-0.2, 0) is 18.0 Å². The van der Waals surface area contributed by atoms with Crippen molar-refractivity contribution >= 4 is 23.5 Å². The van der Waals surface area contributed by atoms with E-state index in [0.29, 0.717) is 40.4 Å². The Bertz CT molecular complexity index is 1240. The van der Waals surface area contributed by atoms with Crippen molar-refractivity contribution in [3.8, 4) is 17.2 Å². The summed E-state index contributed by atoms with van der Waals surface area (Å²) in [5.74, 6) is 2.44. The molecule has 0 saturated carbocycles. The Morgan fingerprint density at radius 2 is 1.91 bits per heavy atom. The summed E-state index contributed by atoms with van der Waals surface area (Å²) < 4.78 is 22.8. The highest BCUT2D eigenvalue weighted by atomic mass is 35.5. The quantitative estimate of drug-likeness (QED) is 0.404. The van der Waals surface area contributed by atoms with E-state index in [-0.39, 0.29) is 19.2 Å². The van der Waals surface area contributed by atoms with Crippen LogP contribution in [-0.4, -0.2) is 12.6 Å². The monoisotopic (exact) mass is 462 g/mol. The number of halogens is 1. The maximum atomic E-state index is 12.8. The molecule has 0 aliphatic carbocycles. The Balaban J connectivity index is 1.32. The van der Waals surface area contributed by atoms with E-state index in [2.05, 4.69) is 26.0 Å². The standard InChI is InChI=1S/C27H23ClO5/c1-16(2)18-5-3-17(4-6-18)9-25-26(29)23-8-7-22(12-24(23)33-25)31-14-20-11-21(28)10-19-13-30-15-32-27(19)20/h3-12,16H,13-15H2,1-2H3/b25-9-. The lowest BCUT2D eigenvalue weighted by molar-refractivity contribution is -0.0175. The SMILES string of the molecule is CC(C)c1ccc(/C=C2\Oc3cc(OCc4cc(Cl)cc5c4OCOC5)ccc3C2=O)cc1. The third-order valence-corrected chi connectivity index (χ3v) is 5.91. The van der Waals surface area contributed by atoms with Crippen LogP contribution >= 0.6 is 11.6 Å². The van der Waals surface area contributed by atoms with Gasteiger partial charge in [0.1, 0.15) is 23.9 Å². The number of allylic oxidation sites excluding steroid dienone is 1. The van der Waals surface area contributed by atoms with Gasteiger partial charge in [-0.05, 0) is 47.4 Å². The molecule has 33 heavy (non-hydrogen) atoms. The number of ketones is 1. The molecule has 3 aromatic rings. The highest BCUT2D eigenvalue weighted by Gasteiger charge is 2.28. The van der Waals surface area contributed by atoms with Gasteiger partial charge in [0.2, 0.25) is 5.78 Å². The minimum Gasteiger partial charge on any atom is -0.489 e. The summed E-state index contributed by atoms with van der Waals surface area (Å²) in [5, 5.41) is 0.598. The molecule has 6 heteroatoms. The zero-order valence-corrected chi connectivity index (χ0v) is 19.1. The zero-order valence-electron chi connectivity index (χ0n) is 18.4. The van der Waals surface area contributed by atoms with Gasteiger partial charge in [0.25, 0.3) is 0 Å². The average Bonchev–Trinajstić information content (AvgIpc) is 3.12. The van der Waals surface area contributed by atoms with Gasteiger partial charge in [-0.25, -0.2) is 0 Å². The molecule has 0 saturated heterocycles. The molecule has 0 aromatic heterocycles. The van der Waals surface area contributed by atoms with E-state index in [0.717, 1.165) is 22.4 Å². The van der Waals surface area contributed by atoms with Crippen LogP contribution in [0.4, 0.5) is 0 Å². The first-order valence-electron chi connectivity index (χ1n) is 10.8. The van der Waals surface area contributed by atoms with Gasteiger partial charge in [-0.1, -0.05) is 49.7 Å². The van der Waals surface area contributed by atoms with Crippen molar-refractivity contribution in [1.82, 2.24) is 0 Å². The maximum Gasteiger partial charge on any atom is 0.231 e. The molecule has 5 rings (SSSR count). The third-order valence-electron chi connectivity index (χ3n) is 5.69. The van der Waals surface area contributed by atoms with E-state index in [4.69, 9.17) is 30.5 Å². The first-order chi connectivity index (χ1) is 16.0. The molecule has 168 valence electrons. The third kappa shape index (κ3) is 4.47. The van der Waals surface area contributed by atoms with Gasteiger partial charge in [-0.15, -0.1) is 0 Å². The molecule has 0 unspecified atom stereocenters. The molecule has 0 atom stereocenters. The van der Waals surface area contributed by atoms with Gasteiger partial charge in [-0.3, -0.25) is 4.79 Å². The number of ether oxygens (including phenoxy) is 4. The fourth-order valence-corrected chi connectivity index (χ4v) is 4.17. The van der Waals surface area contributed by atoms with Crippen molar-refractivity contribution < 1.29 is 23.7 Å². The fraction of sp³-hybridized carbons (Fsp3) is 0.222. The summed E-state index contributed by atoms with van der Waals surface area (Å²) >= 11 is 6.23. The number of benzene rings is 3. The van der Waals surface area contributed by atoms with Crippen molar-refractivity contribution in [3.63, 3.8) is 0 Å². The first-order valence-corrected chi connectivity index (χ1v) is 11.2. The summed E-state index contributed by atoms with van der Waals surface area (Å²) in [6.07, 6.45) is 1.77. The van der Waals surface area contributed by atoms with E-state index in [1.165, 1.54) is 5.56 Å². The second-order valence-corrected chi connectivity index (χ2v) is 8.81. The molecule has 0 N–H and O–H groups in total. The molecule has 3 aromatic carbocycles. The van der Waals surface area contributed by atoms with Crippen LogP contribution < -0.4 is 14.2 Å². The molecule has 5 nitrogen and oxygen atoms in total. The van der Waals surface area contributed by atoms with E-state index < -0.39 is 0 Å². The van der Waals surface area contributed by atoms with E-state index in [9.17, 15) is 4.79 Å². The fourth-order valence-electron chi connectivity index (χ4n) is 3.91. The molecule has 2 aliphatic heterocycles. The number of carbonyl (C=O) groups is 1. The topological polar surface area (TPSA) is 54.0 Å². The predicted molar refractivity (Wildman–Crippen MR) is 126 cm³/mol. The first kappa shape index (κ1) is 21.6. The van der Waals surface area contributed by atoms with Crippen LogP contribution in [0.2, 0.25) is 5.02 Å². The Hall–Kier alpha value is -3.28. The number of hydrogen-bond acceptors (Lipinski definition) is 5. The van der Waals surface area contributed by atoms with Crippen LogP contribution in [0.3, 0.4) is 0 Å². The molecule has 2 heterocycles. The number of carbonyl (C=O) groups excluding carboxylic acids is 1. The average molecular weight is 463 g/mol. The number of Topliss-reactive ketones (excluding diaryl/α,β-unsaturated/α-hetero) is 1. The number of hydrogen-bond donors (Lipinski definition) is 0.